The normalized spacial score (nSPS) is 19.3. The van der Waals surface area contributed by atoms with Gasteiger partial charge in [0.25, 0.3) is 0 Å². The van der Waals surface area contributed by atoms with E-state index >= 15 is 0 Å². The molecule has 4 nitrogen and oxygen atoms in total. The fourth-order valence-electron chi connectivity index (χ4n) is 3.01. The first kappa shape index (κ1) is 15.3. The van der Waals surface area contributed by atoms with Gasteiger partial charge in [0.1, 0.15) is 6.54 Å². The van der Waals surface area contributed by atoms with Crippen molar-refractivity contribution in [2.75, 3.05) is 25.0 Å². The predicted octanol–water partition coefficient (Wildman–Crippen LogP) is 2.83. The third-order valence-electron chi connectivity index (χ3n) is 4.65. The van der Waals surface area contributed by atoms with Crippen molar-refractivity contribution in [1.29, 1.82) is 0 Å². The summed E-state index contributed by atoms with van der Waals surface area (Å²) in [5.41, 5.74) is 1.05. The van der Waals surface area contributed by atoms with Crippen LogP contribution in [0.2, 0.25) is 5.02 Å². The topological polar surface area (TPSA) is 40.6 Å². The highest BCUT2D eigenvalue weighted by Gasteiger charge is 2.44. The molecule has 1 heterocycles. The summed E-state index contributed by atoms with van der Waals surface area (Å²) in [6.07, 6.45) is 2.41. The fraction of sp³-hybridized carbons (Fsp3) is 0.529. The lowest BCUT2D eigenvalue weighted by atomic mass is 9.86. The monoisotopic (exact) mass is 320 g/mol. The van der Waals surface area contributed by atoms with Crippen LogP contribution in [0.5, 0.6) is 0 Å². The lowest BCUT2D eigenvalue weighted by molar-refractivity contribution is -0.131. The number of carbonyl (C=O) groups excluding carboxylic acids is 2. The first-order chi connectivity index (χ1) is 10.3. The SMILES string of the molecule is CN(CC1CC1)C(=O)CN1C(=O)C(C)(C)c2cc(Cl)ccc21. The van der Waals surface area contributed by atoms with Gasteiger partial charge in [0.2, 0.25) is 11.8 Å². The summed E-state index contributed by atoms with van der Waals surface area (Å²) < 4.78 is 0. The van der Waals surface area contributed by atoms with Gasteiger partial charge in [-0.3, -0.25) is 9.59 Å². The minimum atomic E-state index is -0.643. The summed E-state index contributed by atoms with van der Waals surface area (Å²) in [4.78, 5) is 28.4. The van der Waals surface area contributed by atoms with Crippen LogP contribution in [-0.2, 0) is 15.0 Å². The second-order valence-electron chi connectivity index (χ2n) is 6.90. The van der Waals surface area contributed by atoms with E-state index in [9.17, 15) is 9.59 Å². The molecule has 2 amide bonds. The Balaban J connectivity index is 1.82. The summed E-state index contributed by atoms with van der Waals surface area (Å²) in [5.74, 6) is 0.586. The Hall–Kier alpha value is -1.55. The maximum absolute atomic E-state index is 12.7. The Morgan fingerprint density at radius 2 is 2.09 bits per heavy atom. The Morgan fingerprint density at radius 3 is 2.73 bits per heavy atom. The van der Waals surface area contributed by atoms with Crippen molar-refractivity contribution in [1.82, 2.24) is 4.90 Å². The van der Waals surface area contributed by atoms with E-state index < -0.39 is 5.41 Å². The van der Waals surface area contributed by atoms with Gasteiger partial charge in [-0.15, -0.1) is 0 Å². The van der Waals surface area contributed by atoms with Gasteiger partial charge in [0.15, 0.2) is 0 Å². The van der Waals surface area contributed by atoms with Crippen molar-refractivity contribution < 1.29 is 9.59 Å². The van der Waals surface area contributed by atoms with Crippen molar-refractivity contribution >= 4 is 29.1 Å². The smallest absolute Gasteiger partial charge is 0.242 e. The zero-order chi connectivity index (χ0) is 16.1. The molecular weight excluding hydrogens is 300 g/mol. The van der Waals surface area contributed by atoms with E-state index in [0.717, 1.165) is 17.8 Å². The van der Waals surface area contributed by atoms with Crippen LogP contribution in [0.4, 0.5) is 5.69 Å². The molecule has 0 N–H and O–H groups in total. The van der Waals surface area contributed by atoms with Crippen molar-refractivity contribution in [2.45, 2.75) is 32.1 Å². The molecule has 0 bridgehead atoms. The molecule has 1 aliphatic heterocycles. The number of hydrogen-bond acceptors (Lipinski definition) is 2. The highest BCUT2D eigenvalue weighted by Crippen LogP contribution is 2.42. The van der Waals surface area contributed by atoms with Gasteiger partial charge in [-0.25, -0.2) is 0 Å². The number of rotatable bonds is 4. The van der Waals surface area contributed by atoms with Crippen LogP contribution in [0, 0.1) is 5.92 Å². The summed E-state index contributed by atoms with van der Waals surface area (Å²) >= 11 is 6.06. The van der Waals surface area contributed by atoms with Crippen LogP contribution in [0.3, 0.4) is 0 Å². The van der Waals surface area contributed by atoms with Crippen LogP contribution in [0.1, 0.15) is 32.3 Å². The number of benzene rings is 1. The van der Waals surface area contributed by atoms with Crippen LogP contribution in [-0.4, -0.2) is 36.9 Å². The molecule has 118 valence electrons. The highest BCUT2D eigenvalue weighted by molar-refractivity contribution is 6.31. The van der Waals surface area contributed by atoms with E-state index in [2.05, 4.69) is 0 Å². The predicted molar refractivity (Wildman–Crippen MR) is 87.2 cm³/mol. The number of halogens is 1. The molecule has 0 aromatic heterocycles. The minimum Gasteiger partial charge on any atom is -0.344 e. The molecule has 0 spiro atoms. The molecule has 3 rings (SSSR count). The highest BCUT2D eigenvalue weighted by atomic mass is 35.5. The molecule has 0 atom stereocenters. The van der Waals surface area contributed by atoms with Crippen LogP contribution in [0.25, 0.3) is 0 Å². The molecule has 1 fully saturated rings. The Bertz CT molecular complexity index is 638. The van der Waals surface area contributed by atoms with Crippen molar-refractivity contribution in [2.24, 2.45) is 5.92 Å². The first-order valence-electron chi connectivity index (χ1n) is 7.66. The van der Waals surface area contributed by atoms with Crippen LogP contribution in [0.15, 0.2) is 18.2 Å². The van der Waals surface area contributed by atoms with Gasteiger partial charge < -0.3 is 9.80 Å². The van der Waals surface area contributed by atoms with E-state index in [-0.39, 0.29) is 18.4 Å². The number of nitrogens with zero attached hydrogens (tertiary/aromatic N) is 2. The van der Waals surface area contributed by atoms with E-state index in [4.69, 9.17) is 11.6 Å². The summed E-state index contributed by atoms with van der Waals surface area (Å²) in [5, 5.41) is 0.610. The summed E-state index contributed by atoms with van der Waals surface area (Å²) in [6.45, 7) is 4.64. The molecule has 5 heteroatoms. The molecule has 1 aliphatic carbocycles. The zero-order valence-electron chi connectivity index (χ0n) is 13.2. The molecule has 1 aromatic rings. The van der Waals surface area contributed by atoms with Gasteiger partial charge in [-0.1, -0.05) is 11.6 Å². The third-order valence-corrected chi connectivity index (χ3v) is 4.89. The van der Waals surface area contributed by atoms with Crippen molar-refractivity contribution in [3.05, 3.63) is 28.8 Å². The number of likely N-dealkylation sites (N-methyl/N-ethyl adjacent to an activating group) is 1. The number of amides is 2. The second kappa shape index (κ2) is 5.27. The Kier molecular flexibility index (Phi) is 3.68. The van der Waals surface area contributed by atoms with Crippen molar-refractivity contribution in [3.8, 4) is 0 Å². The van der Waals surface area contributed by atoms with Gasteiger partial charge in [-0.2, -0.15) is 0 Å². The largest absolute Gasteiger partial charge is 0.344 e. The van der Waals surface area contributed by atoms with Crippen molar-refractivity contribution in [3.63, 3.8) is 0 Å². The fourth-order valence-corrected chi connectivity index (χ4v) is 3.18. The molecule has 0 saturated heterocycles. The molecule has 0 radical (unpaired) electrons. The van der Waals surface area contributed by atoms with Crippen LogP contribution < -0.4 is 4.90 Å². The van der Waals surface area contributed by atoms with E-state index in [1.54, 1.807) is 15.9 Å². The average molecular weight is 321 g/mol. The third kappa shape index (κ3) is 2.60. The molecule has 0 unspecified atom stereocenters. The van der Waals surface area contributed by atoms with Gasteiger partial charge in [0.05, 0.1) is 5.41 Å². The summed E-state index contributed by atoms with van der Waals surface area (Å²) in [7, 11) is 1.81. The maximum Gasteiger partial charge on any atom is 0.242 e. The quantitative estimate of drug-likeness (QED) is 0.856. The molecule has 2 aliphatic rings. The lowest BCUT2D eigenvalue weighted by Crippen LogP contribution is -2.43. The maximum atomic E-state index is 12.7. The standard InChI is InChI=1S/C17H21ClN2O2/c1-17(2)13-8-12(18)6-7-14(13)20(16(17)22)10-15(21)19(3)9-11-4-5-11/h6-8,11H,4-5,9-10H2,1-3H3. The van der Waals surface area contributed by atoms with E-state index in [0.29, 0.717) is 10.9 Å². The van der Waals surface area contributed by atoms with Gasteiger partial charge >= 0.3 is 0 Å². The number of fused-ring (bicyclic) bond motifs is 1. The molecular formula is C17H21ClN2O2. The minimum absolute atomic E-state index is 0.0150. The Morgan fingerprint density at radius 1 is 1.41 bits per heavy atom. The zero-order valence-corrected chi connectivity index (χ0v) is 14.0. The van der Waals surface area contributed by atoms with Gasteiger partial charge in [0, 0.05) is 24.3 Å². The number of anilines is 1. The molecule has 1 aromatic carbocycles. The molecule has 22 heavy (non-hydrogen) atoms. The van der Waals surface area contributed by atoms with E-state index in [1.165, 1.54) is 12.8 Å². The van der Waals surface area contributed by atoms with Gasteiger partial charge in [-0.05, 0) is 56.4 Å². The molecule has 1 saturated carbocycles. The van der Waals surface area contributed by atoms with E-state index in [1.807, 2.05) is 33.0 Å². The van der Waals surface area contributed by atoms with Crippen LogP contribution >= 0.6 is 11.6 Å². The Labute approximate surface area is 136 Å². The first-order valence-corrected chi connectivity index (χ1v) is 8.04. The number of carbonyl (C=O) groups is 2. The lowest BCUT2D eigenvalue weighted by Gasteiger charge is -2.23. The average Bonchev–Trinajstić information content (AvgIpc) is 3.24. The summed E-state index contributed by atoms with van der Waals surface area (Å²) in [6, 6.07) is 5.42. The number of hydrogen-bond donors (Lipinski definition) is 0. The second-order valence-corrected chi connectivity index (χ2v) is 7.33.